The Hall–Kier alpha value is -6.19. The zero-order valence-electron chi connectivity index (χ0n) is 24.9. The van der Waals surface area contributed by atoms with E-state index in [-0.39, 0.29) is 0 Å². The van der Waals surface area contributed by atoms with Gasteiger partial charge in [0, 0.05) is 16.7 Å². The van der Waals surface area contributed by atoms with Crippen LogP contribution in [0.4, 0.5) is 0 Å². The molecule has 214 valence electrons. The zero-order valence-corrected chi connectivity index (χ0v) is 24.9. The van der Waals surface area contributed by atoms with Crippen molar-refractivity contribution in [3.63, 3.8) is 0 Å². The molecule has 0 spiro atoms. The van der Waals surface area contributed by atoms with E-state index in [9.17, 15) is 0 Å². The molecule has 0 amide bonds. The molecule has 8 aromatic carbocycles. The highest BCUT2D eigenvalue weighted by molar-refractivity contribution is 6.25. The topological polar surface area (TPSA) is 38.7 Å². The Kier molecular flexibility index (Phi) is 6.14. The molecule has 0 aliphatic rings. The normalized spacial score (nSPS) is 11.5. The molecule has 0 aliphatic heterocycles. The number of nitrogens with zero attached hydrogens (tertiary/aromatic N) is 3. The van der Waals surface area contributed by atoms with Gasteiger partial charge in [-0.3, -0.25) is 0 Å². The van der Waals surface area contributed by atoms with E-state index < -0.39 is 0 Å². The van der Waals surface area contributed by atoms with E-state index in [1.54, 1.807) is 0 Å². The summed E-state index contributed by atoms with van der Waals surface area (Å²) in [5.41, 5.74) is 5.14. The molecule has 0 unspecified atom stereocenters. The lowest BCUT2D eigenvalue weighted by Gasteiger charge is -2.13. The first-order chi connectivity index (χ1) is 22.8. The fourth-order valence-electron chi connectivity index (χ4n) is 6.60. The van der Waals surface area contributed by atoms with Crippen LogP contribution in [0.2, 0.25) is 0 Å². The second kappa shape index (κ2) is 10.8. The van der Waals surface area contributed by atoms with Crippen molar-refractivity contribution in [3.8, 4) is 45.3 Å². The molecule has 3 nitrogen and oxygen atoms in total. The third kappa shape index (κ3) is 4.49. The number of rotatable bonds is 4. The van der Waals surface area contributed by atoms with Crippen molar-refractivity contribution < 1.29 is 0 Å². The van der Waals surface area contributed by atoms with E-state index in [2.05, 4.69) is 133 Å². The second-order valence-corrected chi connectivity index (χ2v) is 11.7. The molecule has 3 heteroatoms. The van der Waals surface area contributed by atoms with Gasteiger partial charge in [0.25, 0.3) is 0 Å². The average molecular weight is 586 g/mol. The van der Waals surface area contributed by atoms with E-state index in [0.29, 0.717) is 17.5 Å². The molecule has 0 aliphatic carbocycles. The fraction of sp³-hybridized carbons (Fsp3) is 0. The molecule has 9 aromatic rings. The Morgan fingerprint density at radius 2 is 0.696 bits per heavy atom. The lowest BCUT2D eigenvalue weighted by atomic mass is 9.92. The molecule has 0 saturated carbocycles. The summed E-state index contributed by atoms with van der Waals surface area (Å²) in [6, 6.07) is 57.6. The van der Waals surface area contributed by atoms with Crippen molar-refractivity contribution >= 4 is 43.1 Å². The minimum atomic E-state index is 0.649. The Morgan fingerprint density at radius 3 is 1.39 bits per heavy atom. The first kappa shape index (κ1) is 26.2. The van der Waals surface area contributed by atoms with Crippen molar-refractivity contribution in [2.75, 3.05) is 0 Å². The van der Waals surface area contributed by atoms with Crippen molar-refractivity contribution in [3.05, 3.63) is 164 Å². The van der Waals surface area contributed by atoms with E-state index in [1.165, 1.54) is 37.7 Å². The van der Waals surface area contributed by atoms with Crippen LogP contribution in [0.25, 0.3) is 88.4 Å². The van der Waals surface area contributed by atoms with E-state index in [0.717, 1.165) is 33.2 Å². The Morgan fingerprint density at radius 1 is 0.239 bits per heavy atom. The first-order valence-electron chi connectivity index (χ1n) is 15.5. The number of fused-ring (bicyclic) bond motifs is 7. The van der Waals surface area contributed by atoms with Crippen molar-refractivity contribution in [2.45, 2.75) is 0 Å². The standard InChI is InChI=1S/C43H27N3/c1-2-12-29(13-3-1)41-44-42(46-43(45-41)34-22-21-28-11-4-5-14-30(28)25-34)33-16-10-15-31(26-33)32-23-24-39-37-19-7-6-17-35(37)36-18-8-9-20-38(36)40(39)27-32/h1-27H. The van der Waals surface area contributed by atoms with Crippen LogP contribution in [-0.2, 0) is 0 Å². The van der Waals surface area contributed by atoms with Gasteiger partial charge >= 0.3 is 0 Å². The number of benzene rings is 8. The lowest BCUT2D eigenvalue weighted by Crippen LogP contribution is -2.00. The minimum Gasteiger partial charge on any atom is -0.208 e. The monoisotopic (exact) mass is 585 g/mol. The van der Waals surface area contributed by atoms with Crippen molar-refractivity contribution in [1.29, 1.82) is 0 Å². The van der Waals surface area contributed by atoms with Crippen LogP contribution in [0.15, 0.2) is 164 Å². The smallest absolute Gasteiger partial charge is 0.164 e. The van der Waals surface area contributed by atoms with Crippen LogP contribution < -0.4 is 0 Å². The summed E-state index contributed by atoms with van der Waals surface area (Å²) in [4.78, 5) is 15.0. The third-order valence-electron chi connectivity index (χ3n) is 8.87. The average Bonchev–Trinajstić information content (AvgIpc) is 3.15. The van der Waals surface area contributed by atoms with Crippen molar-refractivity contribution in [2.24, 2.45) is 0 Å². The maximum atomic E-state index is 5.04. The number of aromatic nitrogens is 3. The summed E-state index contributed by atoms with van der Waals surface area (Å²) in [5, 5.41) is 9.95. The summed E-state index contributed by atoms with van der Waals surface area (Å²) in [5.74, 6) is 1.96. The largest absolute Gasteiger partial charge is 0.208 e. The van der Waals surface area contributed by atoms with Gasteiger partial charge in [0.2, 0.25) is 0 Å². The predicted molar refractivity (Wildman–Crippen MR) is 192 cm³/mol. The summed E-state index contributed by atoms with van der Waals surface area (Å²) < 4.78 is 0. The molecule has 0 N–H and O–H groups in total. The quantitative estimate of drug-likeness (QED) is 0.193. The molecule has 0 radical (unpaired) electrons. The van der Waals surface area contributed by atoms with Gasteiger partial charge in [-0.15, -0.1) is 0 Å². The van der Waals surface area contributed by atoms with Gasteiger partial charge in [-0.25, -0.2) is 15.0 Å². The molecule has 46 heavy (non-hydrogen) atoms. The van der Waals surface area contributed by atoms with Crippen LogP contribution in [0.1, 0.15) is 0 Å². The van der Waals surface area contributed by atoms with E-state index in [1.807, 2.05) is 30.3 Å². The minimum absolute atomic E-state index is 0.649. The molecule has 0 fully saturated rings. The number of hydrogen-bond acceptors (Lipinski definition) is 3. The van der Waals surface area contributed by atoms with Crippen LogP contribution in [0.5, 0.6) is 0 Å². The van der Waals surface area contributed by atoms with Crippen molar-refractivity contribution in [1.82, 2.24) is 15.0 Å². The highest BCUT2D eigenvalue weighted by Gasteiger charge is 2.14. The number of hydrogen-bond donors (Lipinski definition) is 0. The highest BCUT2D eigenvalue weighted by Crippen LogP contribution is 2.37. The molecule has 0 atom stereocenters. The maximum absolute atomic E-state index is 5.04. The summed E-state index contributed by atoms with van der Waals surface area (Å²) in [6.07, 6.45) is 0. The Labute approximate surface area is 266 Å². The summed E-state index contributed by atoms with van der Waals surface area (Å²) >= 11 is 0. The van der Waals surface area contributed by atoms with Crippen LogP contribution in [-0.4, -0.2) is 15.0 Å². The molecular weight excluding hydrogens is 558 g/mol. The molecular formula is C43H27N3. The molecule has 1 aromatic heterocycles. The lowest BCUT2D eigenvalue weighted by molar-refractivity contribution is 1.07. The maximum Gasteiger partial charge on any atom is 0.164 e. The zero-order chi connectivity index (χ0) is 30.5. The van der Waals surface area contributed by atoms with Crippen LogP contribution in [0.3, 0.4) is 0 Å². The third-order valence-corrected chi connectivity index (χ3v) is 8.87. The SMILES string of the molecule is c1ccc(-c2nc(-c3cccc(-c4ccc5c6ccccc6c6ccccc6c5c4)c3)nc(-c3ccc4ccccc4c3)n2)cc1. The molecule has 1 heterocycles. The summed E-state index contributed by atoms with van der Waals surface area (Å²) in [7, 11) is 0. The molecule has 0 saturated heterocycles. The predicted octanol–water partition coefficient (Wildman–Crippen LogP) is 11.2. The first-order valence-corrected chi connectivity index (χ1v) is 15.5. The van der Waals surface area contributed by atoms with Gasteiger partial charge in [0.15, 0.2) is 17.5 Å². The van der Waals surface area contributed by atoms with Crippen LogP contribution in [0, 0.1) is 0 Å². The second-order valence-electron chi connectivity index (χ2n) is 11.7. The van der Waals surface area contributed by atoms with Gasteiger partial charge in [0.05, 0.1) is 0 Å². The molecule has 9 rings (SSSR count). The van der Waals surface area contributed by atoms with Gasteiger partial charge in [-0.2, -0.15) is 0 Å². The van der Waals surface area contributed by atoms with Gasteiger partial charge in [0.1, 0.15) is 0 Å². The highest BCUT2D eigenvalue weighted by atomic mass is 15.0. The van der Waals surface area contributed by atoms with Gasteiger partial charge in [-0.05, 0) is 72.4 Å². The fourth-order valence-corrected chi connectivity index (χ4v) is 6.60. The van der Waals surface area contributed by atoms with Gasteiger partial charge < -0.3 is 0 Å². The van der Waals surface area contributed by atoms with Gasteiger partial charge in [-0.1, -0.05) is 146 Å². The summed E-state index contributed by atoms with van der Waals surface area (Å²) in [6.45, 7) is 0. The van der Waals surface area contributed by atoms with Crippen LogP contribution >= 0.6 is 0 Å². The molecule has 0 bridgehead atoms. The Bertz CT molecular complexity index is 2550. The Balaban J connectivity index is 1.20. The van der Waals surface area contributed by atoms with E-state index >= 15 is 0 Å². The van der Waals surface area contributed by atoms with E-state index in [4.69, 9.17) is 15.0 Å².